The standard InChI is InChI=1S/C25H17FO4/c1-15(25(28)29)16-4-10-21(11-5-16)30-24-22(17-2-7-19(26)8-3-17)12-6-18-14-20(27)9-13-23(18)24/h2-14,27H,1H2,(H,28,29). The Bertz CT molecular complexity index is 1260. The van der Waals surface area contributed by atoms with Gasteiger partial charge in [0.05, 0.1) is 5.57 Å². The lowest BCUT2D eigenvalue weighted by molar-refractivity contribution is -0.130. The number of ether oxygens (including phenoxy) is 1. The van der Waals surface area contributed by atoms with Gasteiger partial charge in [0.25, 0.3) is 0 Å². The number of carboxylic acids is 1. The van der Waals surface area contributed by atoms with Crippen LogP contribution in [0.25, 0.3) is 27.5 Å². The minimum absolute atomic E-state index is 0.00538. The number of phenolic OH excluding ortho intramolecular Hbond substituents is 1. The summed E-state index contributed by atoms with van der Waals surface area (Å²) in [7, 11) is 0. The molecule has 2 N–H and O–H groups in total. The molecule has 4 rings (SSSR count). The lowest BCUT2D eigenvalue weighted by Crippen LogP contribution is -1.97. The Balaban J connectivity index is 1.81. The number of carboxylic acid groups (broad SMARTS) is 1. The number of hydrogen-bond acceptors (Lipinski definition) is 3. The molecule has 30 heavy (non-hydrogen) atoms. The van der Waals surface area contributed by atoms with Crippen LogP contribution in [0.1, 0.15) is 5.56 Å². The molecule has 0 heterocycles. The van der Waals surface area contributed by atoms with E-state index in [1.165, 1.54) is 12.1 Å². The van der Waals surface area contributed by atoms with Crippen LogP contribution in [0, 0.1) is 5.82 Å². The van der Waals surface area contributed by atoms with E-state index in [2.05, 4.69) is 6.58 Å². The predicted molar refractivity (Wildman–Crippen MR) is 114 cm³/mol. The van der Waals surface area contributed by atoms with Crippen molar-refractivity contribution >= 4 is 22.3 Å². The van der Waals surface area contributed by atoms with Crippen LogP contribution in [0.4, 0.5) is 4.39 Å². The third-order valence-electron chi connectivity index (χ3n) is 4.79. The number of fused-ring (bicyclic) bond motifs is 1. The summed E-state index contributed by atoms with van der Waals surface area (Å²) >= 11 is 0. The van der Waals surface area contributed by atoms with E-state index in [-0.39, 0.29) is 17.1 Å². The number of aromatic hydroxyl groups is 1. The Morgan fingerprint density at radius 3 is 2.27 bits per heavy atom. The number of hydrogen-bond donors (Lipinski definition) is 2. The van der Waals surface area contributed by atoms with Crippen LogP contribution in [0.3, 0.4) is 0 Å². The molecule has 0 aromatic heterocycles. The summed E-state index contributed by atoms with van der Waals surface area (Å²) < 4.78 is 19.6. The second kappa shape index (κ2) is 7.72. The molecule has 4 aromatic rings. The maximum absolute atomic E-state index is 13.4. The average Bonchev–Trinajstić information content (AvgIpc) is 2.74. The van der Waals surface area contributed by atoms with Gasteiger partial charge in [-0.2, -0.15) is 0 Å². The van der Waals surface area contributed by atoms with Crippen molar-refractivity contribution in [1.82, 2.24) is 0 Å². The highest BCUT2D eigenvalue weighted by Gasteiger charge is 2.14. The van der Waals surface area contributed by atoms with Gasteiger partial charge in [0.2, 0.25) is 0 Å². The molecule has 0 aliphatic carbocycles. The normalized spacial score (nSPS) is 10.7. The molecule has 0 saturated carbocycles. The molecule has 0 aliphatic heterocycles. The van der Waals surface area contributed by atoms with Crippen molar-refractivity contribution in [3.8, 4) is 28.4 Å². The smallest absolute Gasteiger partial charge is 0.335 e. The molecule has 0 unspecified atom stereocenters. The van der Waals surface area contributed by atoms with Crippen molar-refractivity contribution in [3.63, 3.8) is 0 Å². The highest BCUT2D eigenvalue weighted by Crippen LogP contribution is 2.40. The molecule has 148 valence electrons. The highest BCUT2D eigenvalue weighted by molar-refractivity contribution is 6.14. The third-order valence-corrected chi connectivity index (χ3v) is 4.79. The second-order valence-corrected chi connectivity index (χ2v) is 6.76. The molecule has 0 saturated heterocycles. The van der Waals surface area contributed by atoms with Crippen molar-refractivity contribution in [2.45, 2.75) is 0 Å². The number of phenols is 1. The van der Waals surface area contributed by atoms with Crippen LogP contribution in [-0.2, 0) is 4.79 Å². The van der Waals surface area contributed by atoms with Crippen molar-refractivity contribution < 1.29 is 24.1 Å². The van der Waals surface area contributed by atoms with E-state index >= 15 is 0 Å². The minimum atomic E-state index is -1.09. The van der Waals surface area contributed by atoms with Crippen molar-refractivity contribution in [2.75, 3.05) is 0 Å². The average molecular weight is 400 g/mol. The summed E-state index contributed by atoms with van der Waals surface area (Å²) in [6.07, 6.45) is 0. The molecule has 0 fully saturated rings. The molecule has 0 spiro atoms. The summed E-state index contributed by atoms with van der Waals surface area (Å²) in [5.74, 6) is -0.235. The van der Waals surface area contributed by atoms with Crippen LogP contribution >= 0.6 is 0 Å². The van der Waals surface area contributed by atoms with Gasteiger partial charge in [0.1, 0.15) is 23.1 Å². The SMILES string of the molecule is C=C(C(=O)O)c1ccc(Oc2c(-c3ccc(F)cc3)ccc3cc(O)ccc23)cc1. The largest absolute Gasteiger partial charge is 0.508 e. The van der Waals surface area contributed by atoms with Crippen LogP contribution in [0.15, 0.2) is 85.4 Å². The van der Waals surface area contributed by atoms with Gasteiger partial charge in [-0.05, 0) is 65.0 Å². The van der Waals surface area contributed by atoms with Gasteiger partial charge >= 0.3 is 5.97 Å². The Morgan fingerprint density at radius 1 is 0.900 bits per heavy atom. The zero-order valence-corrected chi connectivity index (χ0v) is 15.8. The minimum Gasteiger partial charge on any atom is -0.508 e. The molecule has 0 radical (unpaired) electrons. The van der Waals surface area contributed by atoms with E-state index in [4.69, 9.17) is 9.84 Å². The summed E-state index contributed by atoms with van der Waals surface area (Å²) in [5, 5.41) is 20.5. The van der Waals surface area contributed by atoms with Gasteiger partial charge in [0.15, 0.2) is 0 Å². The fourth-order valence-corrected chi connectivity index (χ4v) is 3.22. The van der Waals surface area contributed by atoms with Crippen LogP contribution in [0.5, 0.6) is 17.2 Å². The van der Waals surface area contributed by atoms with E-state index in [1.54, 1.807) is 54.6 Å². The van der Waals surface area contributed by atoms with E-state index in [9.17, 15) is 14.3 Å². The molecule has 0 bridgehead atoms. The van der Waals surface area contributed by atoms with Gasteiger partial charge < -0.3 is 14.9 Å². The van der Waals surface area contributed by atoms with Gasteiger partial charge in [-0.1, -0.05) is 36.9 Å². The fraction of sp³-hybridized carbons (Fsp3) is 0. The molecule has 4 aromatic carbocycles. The van der Waals surface area contributed by atoms with E-state index in [0.717, 1.165) is 21.9 Å². The predicted octanol–water partition coefficient (Wildman–Crippen LogP) is 6.24. The number of aliphatic carboxylic acids is 1. The summed E-state index contributed by atoms with van der Waals surface area (Å²) in [6, 6.07) is 21.4. The Hall–Kier alpha value is -4.12. The first-order chi connectivity index (χ1) is 14.4. The maximum atomic E-state index is 13.4. The van der Waals surface area contributed by atoms with Gasteiger partial charge in [-0.15, -0.1) is 0 Å². The first-order valence-electron chi connectivity index (χ1n) is 9.14. The Labute approximate surface area is 172 Å². The zero-order chi connectivity index (χ0) is 21.3. The molecule has 0 aliphatic rings. The van der Waals surface area contributed by atoms with Crippen molar-refractivity contribution in [3.05, 3.63) is 96.8 Å². The van der Waals surface area contributed by atoms with Crippen LogP contribution in [0.2, 0.25) is 0 Å². The molecule has 0 atom stereocenters. The number of rotatable bonds is 5. The van der Waals surface area contributed by atoms with Crippen molar-refractivity contribution in [2.24, 2.45) is 0 Å². The topological polar surface area (TPSA) is 66.8 Å². The van der Waals surface area contributed by atoms with Gasteiger partial charge in [0, 0.05) is 10.9 Å². The molecular formula is C25H17FO4. The van der Waals surface area contributed by atoms with E-state index in [0.29, 0.717) is 17.1 Å². The highest BCUT2D eigenvalue weighted by atomic mass is 19.1. The number of carbonyl (C=O) groups is 1. The van der Waals surface area contributed by atoms with Crippen LogP contribution in [-0.4, -0.2) is 16.2 Å². The van der Waals surface area contributed by atoms with Gasteiger partial charge in [-0.25, -0.2) is 9.18 Å². The summed E-state index contributed by atoms with van der Waals surface area (Å²) in [4.78, 5) is 11.1. The fourth-order valence-electron chi connectivity index (χ4n) is 3.22. The quantitative estimate of drug-likeness (QED) is 0.389. The van der Waals surface area contributed by atoms with Crippen molar-refractivity contribution in [1.29, 1.82) is 0 Å². The monoisotopic (exact) mass is 400 g/mol. The third kappa shape index (κ3) is 3.73. The first-order valence-corrected chi connectivity index (χ1v) is 9.14. The van der Waals surface area contributed by atoms with E-state index in [1.807, 2.05) is 12.1 Å². The zero-order valence-electron chi connectivity index (χ0n) is 15.8. The molecule has 4 nitrogen and oxygen atoms in total. The first kappa shape index (κ1) is 19.2. The molecule has 0 amide bonds. The van der Waals surface area contributed by atoms with E-state index < -0.39 is 5.97 Å². The van der Waals surface area contributed by atoms with Gasteiger partial charge in [-0.3, -0.25) is 0 Å². The Kier molecular flexibility index (Phi) is 4.94. The van der Waals surface area contributed by atoms with Crippen LogP contribution < -0.4 is 4.74 Å². The summed E-state index contributed by atoms with van der Waals surface area (Å²) in [5.41, 5.74) is 2.01. The maximum Gasteiger partial charge on any atom is 0.335 e. The number of benzene rings is 4. The lowest BCUT2D eigenvalue weighted by Gasteiger charge is -2.15. The lowest BCUT2D eigenvalue weighted by atomic mass is 9.99. The Morgan fingerprint density at radius 2 is 1.60 bits per heavy atom. The summed E-state index contributed by atoms with van der Waals surface area (Å²) in [6.45, 7) is 3.55. The molecular weight excluding hydrogens is 383 g/mol. The second-order valence-electron chi connectivity index (χ2n) is 6.76. The molecule has 5 heteroatoms. The number of halogens is 1.